The number of carbonyl (C=O) groups excluding carboxylic acids is 1. The summed E-state index contributed by atoms with van der Waals surface area (Å²) in [6.45, 7) is 1.96. The zero-order valence-corrected chi connectivity index (χ0v) is 13.8. The van der Waals surface area contributed by atoms with E-state index in [1.165, 1.54) is 12.8 Å². The Hall–Kier alpha value is -2.30. The summed E-state index contributed by atoms with van der Waals surface area (Å²) >= 11 is 0. The van der Waals surface area contributed by atoms with Gasteiger partial charge in [0.15, 0.2) is 0 Å². The van der Waals surface area contributed by atoms with Gasteiger partial charge in [-0.25, -0.2) is 4.99 Å². The van der Waals surface area contributed by atoms with Crippen molar-refractivity contribution in [2.75, 3.05) is 14.2 Å². The first-order valence-electron chi connectivity index (χ1n) is 7.96. The summed E-state index contributed by atoms with van der Waals surface area (Å²) in [4.78, 5) is 16.7. The first-order chi connectivity index (χ1) is 11.1. The molecule has 0 aromatic heterocycles. The van der Waals surface area contributed by atoms with Gasteiger partial charge < -0.3 is 14.8 Å². The predicted octanol–water partition coefficient (Wildman–Crippen LogP) is 3.07. The fourth-order valence-electron chi connectivity index (χ4n) is 3.21. The minimum Gasteiger partial charge on any atom is -0.496 e. The second-order valence-electron chi connectivity index (χ2n) is 6.03. The highest BCUT2D eigenvalue weighted by atomic mass is 16.5. The summed E-state index contributed by atoms with van der Waals surface area (Å²) in [5.41, 5.74) is 2.20. The normalized spacial score (nSPS) is 19.9. The molecule has 0 bridgehead atoms. The number of hydrogen-bond acceptors (Lipinski definition) is 4. The number of ether oxygens (including phenoxy) is 2. The number of methoxy groups -OCH3 is 2. The van der Waals surface area contributed by atoms with Crippen LogP contribution in [0.25, 0.3) is 6.08 Å². The lowest BCUT2D eigenvalue weighted by molar-refractivity contribution is -0.115. The molecule has 0 atom stereocenters. The predicted molar refractivity (Wildman–Crippen MR) is 89.8 cm³/mol. The van der Waals surface area contributed by atoms with Gasteiger partial charge in [-0.05, 0) is 43.5 Å². The molecular formula is C18H22N2O3. The van der Waals surface area contributed by atoms with Crippen LogP contribution in [0.5, 0.6) is 11.5 Å². The molecule has 1 aliphatic carbocycles. The largest absolute Gasteiger partial charge is 0.496 e. The Morgan fingerprint density at radius 3 is 2.52 bits per heavy atom. The lowest BCUT2D eigenvalue weighted by Gasteiger charge is -2.10. The Labute approximate surface area is 136 Å². The van der Waals surface area contributed by atoms with E-state index in [9.17, 15) is 4.79 Å². The van der Waals surface area contributed by atoms with Crippen LogP contribution in [0, 0.1) is 12.8 Å². The number of hydrogen-bond donors (Lipinski definition) is 1. The number of nitrogens with one attached hydrogen (secondary N) is 1. The van der Waals surface area contributed by atoms with E-state index >= 15 is 0 Å². The number of benzene rings is 1. The molecule has 0 radical (unpaired) electrons. The summed E-state index contributed by atoms with van der Waals surface area (Å²) in [5.74, 6) is 2.52. The second-order valence-corrected chi connectivity index (χ2v) is 6.03. The number of carbonyl (C=O) groups is 1. The maximum atomic E-state index is 12.2. The Morgan fingerprint density at radius 2 is 1.87 bits per heavy atom. The lowest BCUT2D eigenvalue weighted by Crippen LogP contribution is -2.29. The van der Waals surface area contributed by atoms with Crippen molar-refractivity contribution in [1.29, 1.82) is 0 Å². The summed E-state index contributed by atoms with van der Waals surface area (Å²) in [6, 6.07) is 3.78. The van der Waals surface area contributed by atoms with Crippen molar-refractivity contribution in [3.8, 4) is 11.5 Å². The van der Waals surface area contributed by atoms with Gasteiger partial charge in [-0.15, -0.1) is 0 Å². The highest BCUT2D eigenvalue weighted by Gasteiger charge is 2.28. The molecule has 0 saturated heterocycles. The summed E-state index contributed by atoms with van der Waals surface area (Å²) in [7, 11) is 3.25. The fourth-order valence-corrected chi connectivity index (χ4v) is 3.21. The third-order valence-corrected chi connectivity index (χ3v) is 4.50. The highest BCUT2D eigenvalue weighted by molar-refractivity contribution is 6.15. The SMILES string of the molecule is COc1cc(/C=C2/N=C(C3CCCC3)NC2=O)c(OC)cc1C. The maximum Gasteiger partial charge on any atom is 0.275 e. The number of rotatable bonds is 4. The van der Waals surface area contributed by atoms with Gasteiger partial charge in [0.05, 0.1) is 14.2 Å². The molecule has 23 heavy (non-hydrogen) atoms. The van der Waals surface area contributed by atoms with Gasteiger partial charge in [-0.3, -0.25) is 4.79 Å². The van der Waals surface area contributed by atoms with Gasteiger partial charge in [0.1, 0.15) is 23.0 Å². The third kappa shape index (κ3) is 3.09. The Kier molecular flexibility index (Phi) is 4.37. The number of aryl methyl sites for hydroxylation is 1. The standard InChI is InChI=1S/C18H22N2O3/c1-11-8-16(23-3)13(10-15(11)22-2)9-14-18(21)20-17(19-14)12-6-4-5-7-12/h8-10,12H,4-7H2,1-3H3,(H,19,20,21)/b14-9+. The van der Waals surface area contributed by atoms with Gasteiger partial charge in [0.25, 0.3) is 5.91 Å². The quantitative estimate of drug-likeness (QED) is 0.869. The molecule has 5 heteroatoms. The average Bonchev–Trinajstić information content (AvgIpc) is 3.19. The van der Waals surface area contributed by atoms with Gasteiger partial charge in [0.2, 0.25) is 0 Å². The first kappa shape index (κ1) is 15.6. The summed E-state index contributed by atoms with van der Waals surface area (Å²) in [6.07, 6.45) is 6.39. The molecule has 5 nitrogen and oxygen atoms in total. The van der Waals surface area contributed by atoms with E-state index in [2.05, 4.69) is 10.3 Å². The van der Waals surface area contributed by atoms with Crippen LogP contribution in [0.1, 0.15) is 36.8 Å². The smallest absolute Gasteiger partial charge is 0.275 e. The maximum absolute atomic E-state index is 12.2. The van der Waals surface area contributed by atoms with Crippen LogP contribution in [0.4, 0.5) is 0 Å². The zero-order chi connectivity index (χ0) is 16.4. The first-order valence-corrected chi connectivity index (χ1v) is 7.96. The van der Waals surface area contributed by atoms with Crippen LogP contribution in [0.15, 0.2) is 22.8 Å². The molecule has 2 aliphatic rings. The second kappa shape index (κ2) is 6.44. The van der Waals surface area contributed by atoms with E-state index in [0.717, 1.165) is 35.6 Å². The van der Waals surface area contributed by atoms with Crippen molar-refractivity contribution in [2.24, 2.45) is 10.9 Å². The van der Waals surface area contributed by atoms with Crippen LogP contribution >= 0.6 is 0 Å². The molecule has 1 fully saturated rings. The van der Waals surface area contributed by atoms with Gasteiger partial charge in [0, 0.05) is 11.5 Å². The fraction of sp³-hybridized carbons (Fsp3) is 0.444. The Balaban J connectivity index is 1.95. The van der Waals surface area contributed by atoms with Crippen LogP contribution in [-0.4, -0.2) is 26.0 Å². The van der Waals surface area contributed by atoms with Crippen LogP contribution in [0.3, 0.4) is 0 Å². The number of aliphatic imine (C=N–C) groups is 1. The van der Waals surface area contributed by atoms with Crippen molar-refractivity contribution >= 4 is 17.8 Å². The van der Waals surface area contributed by atoms with Crippen molar-refractivity contribution < 1.29 is 14.3 Å². The van der Waals surface area contributed by atoms with Gasteiger partial charge in [-0.1, -0.05) is 12.8 Å². The molecule has 1 aromatic carbocycles. The van der Waals surface area contributed by atoms with Crippen molar-refractivity contribution in [2.45, 2.75) is 32.6 Å². The lowest BCUT2D eigenvalue weighted by atomic mass is 10.1. The van der Waals surface area contributed by atoms with E-state index in [1.54, 1.807) is 20.3 Å². The molecule has 0 unspecified atom stereocenters. The average molecular weight is 314 g/mol. The number of amidine groups is 1. The van der Waals surface area contributed by atoms with Gasteiger partial charge in [-0.2, -0.15) is 0 Å². The number of amides is 1. The Morgan fingerprint density at radius 1 is 1.17 bits per heavy atom. The minimum absolute atomic E-state index is 0.145. The van der Waals surface area contributed by atoms with E-state index in [0.29, 0.717) is 17.4 Å². The molecular weight excluding hydrogens is 292 g/mol. The van der Waals surface area contributed by atoms with Gasteiger partial charge >= 0.3 is 0 Å². The molecule has 1 aliphatic heterocycles. The number of nitrogens with zero attached hydrogens (tertiary/aromatic N) is 1. The summed E-state index contributed by atoms with van der Waals surface area (Å²) < 4.78 is 10.8. The molecule has 1 heterocycles. The minimum atomic E-state index is -0.145. The van der Waals surface area contributed by atoms with Crippen molar-refractivity contribution in [3.05, 3.63) is 29.0 Å². The topological polar surface area (TPSA) is 59.9 Å². The summed E-state index contributed by atoms with van der Waals surface area (Å²) in [5, 5.41) is 2.91. The Bertz CT molecular complexity index is 686. The highest BCUT2D eigenvalue weighted by Crippen LogP contribution is 2.32. The molecule has 0 spiro atoms. The molecule has 1 amide bonds. The molecule has 1 aromatic rings. The van der Waals surface area contributed by atoms with E-state index in [4.69, 9.17) is 9.47 Å². The van der Waals surface area contributed by atoms with Crippen molar-refractivity contribution in [3.63, 3.8) is 0 Å². The van der Waals surface area contributed by atoms with Crippen LogP contribution in [-0.2, 0) is 4.79 Å². The van der Waals surface area contributed by atoms with E-state index in [1.807, 2.05) is 19.1 Å². The molecule has 122 valence electrons. The van der Waals surface area contributed by atoms with Crippen LogP contribution in [0.2, 0.25) is 0 Å². The zero-order valence-electron chi connectivity index (χ0n) is 13.8. The van der Waals surface area contributed by atoms with E-state index < -0.39 is 0 Å². The van der Waals surface area contributed by atoms with E-state index in [-0.39, 0.29) is 5.91 Å². The molecule has 1 saturated carbocycles. The van der Waals surface area contributed by atoms with Crippen LogP contribution < -0.4 is 14.8 Å². The molecule has 3 rings (SSSR count). The third-order valence-electron chi connectivity index (χ3n) is 4.50. The molecule has 1 N–H and O–H groups in total. The monoisotopic (exact) mass is 314 g/mol. The van der Waals surface area contributed by atoms with Crippen molar-refractivity contribution in [1.82, 2.24) is 5.32 Å².